The smallest absolute Gasteiger partial charge is 0.192 e. The molecule has 0 aromatic heterocycles. The van der Waals surface area contributed by atoms with Gasteiger partial charge in [-0.25, -0.2) is 0 Å². The van der Waals surface area contributed by atoms with Crippen LogP contribution in [0.25, 0.3) is 0 Å². The number of hydrogen-bond acceptors (Lipinski definition) is 2. The van der Waals surface area contributed by atoms with Crippen molar-refractivity contribution in [3.8, 4) is 0 Å². The Labute approximate surface area is 156 Å². The number of ketones is 1. The maximum absolute atomic E-state index is 13.2. The Balaban J connectivity index is 2.05. The molecule has 25 heavy (non-hydrogen) atoms. The summed E-state index contributed by atoms with van der Waals surface area (Å²) in [4.78, 5) is 13.2. The van der Waals surface area contributed by atoms with Crippen molar-refractivity contribution < 1.29 is 9.22 Å². The number of Topliss-reactive ketones (excluding diaryl/α,β-unsaturated/α-hetero) is 1. The molecule has 0 radical (unpaired) electrons. The molecule has 5 atom stereocenters. The molecule has 0 N–H and O–H groups in total. The van der Waals surface area contributed by atoms with Gasteiger partial charge in [0, 0.05) is 6.42 Å². The third-order valence-electron chi connectivity index (χ3n) is 9.45. The molecule has 0 heterocycles. The highest BCUT2D eigenvalue weighted by molar-refractivity contribution is 6.74. The van der Waals surface area contributed by atoms with Gasteiger partial charge >= 0.3 is 0 Å². The van der Waals surface area contributed by atoms with Gasteiger partial charge in [0.1, 0.15) is 5.78 Å². The molecule has 3 rings (SSSR count). The van der Waals surface area contributed by atoms with E-state index >= 15 is 0 Å². The zero-order chi connectivity index (χ0) is 19.1. The van der Waals surface area contributed by atoms with Gasteiger partial charge in [-0.3, -0.25) is 4.79 Å². The number of carbonyl (C=O) groups excluding carboxylic acids is 1. The van der Waals surface area contributed by atoms with E-state index in [0.29, 0.717) is 11.7 Å². The fourth-order valence-electron chi connectivity index (χ4n) is 6.92. The molecule has 2 nitrogen and oxygen atoms in total. The van der Waals surface area contributed by atoms with E-state index in [0.717, 1.165) is 25.2 Å². The van der Waals surface area contributed by atoms with E-state index in [2.05, 4.69) is 61.6 Å². The van der Waals surface area contributed by atoms with Crippen LogP contribution in [0.4, 0.5) is 0 Å². The lowest BCUT2D eigenvalue weighted by atomic mass is 9.57. The van der Waals surface area contributed by atoms with Crippen LogP contribution < -0.4 is 0 Å². The Morgan fingerprint density at radius 1 is 1.16 bits per heavy atom. The third-order valence-corrected chi connectivity index (χ3v) is 13.9. The second-order valence-corrected chi connectivity index (χ2v) is 16.3. The number of carbonyl (C=O) groups is 1. The van der Waals surface area contributed by atoms with Gasteiger partial charge in [-0.15, -0.1) is 0 Å². The second-order valence-electron chi connectivity index (χ2n) is 11.6. The van der Waals surface area contributed by atoms with Crippen molar-refractivity contribution >= 4 is 14.1 Å². The van der Waals surface area contributed by atoms with Crippen molar-refractivity contribution in [1.29, 1.82) is 0 Å². The first-order chi connectivity index (χ1) is 11.2. The maximum Gasteiger partial charge on any atom is 0.192 e. The van der Waals surface area contributed by atoms with Gasteiger partial charge in [-0.05, 0) is 73.4 Å². The predicted octanol–water partition coefficient (Wildman–Crippen LogP) is 6.21. The average molecular weight is 365 g/mol. The lowest BCUT2D eigenvalue weighted by Gasteiger charge is -2.47. The summed E-state index contributed by atoms with van der Waals surface area (Å²) < 4.78 is 6.99. The second kappa shape index (κ2) is 5.44. The first kappa shape index (κ1) is 19.6. The van der Waals surface area contributed by atoms with Crippen LogP contribution in [-0.2, 0) is 9.22 Å². The van der Waals surface area contributed by atoms with Crippen LogP contribution in [0.15, 0.2) is 0 Å². The van der Waals surface area contributed by atoms with Gasteiger partial charge in [0.2, 0.25) is 0 Å². The predicted molar refractivity (Wildman–Crippen MR) is 107 cm³/mol. The summed E-state index contributed by atoms with van der Waals surface area (Å²) in [6.45, 7) is 21.2. The molecule has 0 aromatic rings. The van der Waals surface area contributed by atoms with Crippen molar-refractivity contribution in [2.24, 2.45) is 28.1 Å². The lowest BCUT2D eigenvalue weighted by Crippen LogP contribution is -2.51. The third kappa shape index (κ3) is 2.27. The van der Waals surface area contributed by atoms with Crippen molar-refractivity contribution in [1.82, 2.24) is 0 Å². The van der Waals surface area contributed by atoms with Gasteiger partial charge in [-0.2, -0.15) is 0 Å². The zero-order valence-electron chi connectivity index (χ0n) is 18.1. The molecule has 0 amide bonds. The van der Waals surface area contributed by atoms with Gasteiger partial charge < -0.3 is 4.43 Å². The highest BCUT2D eigenvalue weighted by atomic mass is 28.4. The van der Waals surface area contributed by atoms with Crippen LogP contribution in [0.5, 0.6) is 0 Å². The minimum atomic E-state index is -1.89. The molecule has 0 bridgehead atoms. The molecule has 1 spiro atoms. The summed E-state index contributed by atoms with van der Waals surface area (Å²) in [5, 5.41) is 0.189. The van der Waals surface area contributed by atoms with E-state index in [1.54, 1.807) is 0 Å². The quantitative estimate of drug-likeness (QED) is 0.557. The minimum Gasteiger partial charge on any atom is -0.413 e. The molecule has 3 saturated carbocycles. The van der Waals surface area contributed by atoms with Gasteiger partial charge in [0.05, 0.1) is 11.5 Å². The van der Waals surface area contributed by atoms with Crippen LogP contribution in [0.2, 0.25) is 18.1 Å². The summed E-state index contributed by atoms with van der Waals surface area (Å²) in [5.41, 5.74) is 0.176. The fraction of sp³-hybridized carbons (Fsp3) is 0.955. The molecule has 3 fully saturated rings. The van der Waals surface area contributed by atoms with Gasteiger partial charge in [-0.1, -0.05) is 41.5 Å². The molecule has 3 heteroatoms. The Morgan fingerprint density at radius 2 is 1.76 bits per heavy atom. The molecule has 3 aliphatic carbocycles. The largest absolute Gasteiger partial charge is 0.413 e. The van der Waals surface area contributed by atoms with Crippen molar-refractivity contribution in [2.75, 3.05) is 0 Å². The van der Waals surface area contributed by atoms with Crippen LogP contribution in [0.3, 0.4) is 0 Å². The molecule has 0 unspecified atom stereocenters. The Hall–Kier alpha value is -0.153. The molecular weight excluding hydrogens is 324 g/mol. The van der Waals surface area contributed by atoms with E-state index in [-0.39, 0.29) is 27.4 Å². The Morgan fingerprint density at radius 3 is 2.28 bits per heavy atom. The SMILES string of the molecule is CC(C)[C@H]1CC[C@]23CCC(=O)[C@@]2(C)[C@@H](O[Si](C)(C)C(C)(C)C)C[C@]13C. The van der Waals surface area contributed by atoms with E-state index in [4.69, 9.17) is 4.43 Å². The van der Waals surface area contributed by atoms with Crippen LogP contribution in [0, 0.1) is 28.1 Å². The minimum absolute atomic E-state index is 0.120. The monoisotopic (exact) mass is 364 g/mol. The summed E-state index contributed by atoms with van der Waals surface area (Å²) in [5.74, 6) is 1.91. The summed E-state index contributed by atoms with van der Waals surface area (Å²) in [7, 11) is -1.89. The first-order valence-corrected chi connectivity index (χ1v) is 13.3. The lowest BCUT2D eigenvalue weighted by molar-refractivity contribution is -0.134. The summed E-state index contributed by atoms with van der Waals surface area (Å²) in [6.07, 6.45) is 5.60. The molecular formula is C22H40O2Si. The van der Waals surface area contributed by atoms with Crippen molar-refractivity contribution in [3.63, 3.8) is 0 Å². The fourth-order valence-corrected chi connectivity index (χ4v) is 8.31. The standard InChI is InChI=1S/C22H40O2Si/c1-15(2)16-10-12-22-13-11-17(23)21(22,7)18(14-20(16,22)6)24-25(8,9)19(3,4)5/h15-16,18H,10-14H2,1-9H3/t16-,18+,20-,21+,22-/m1/s1. The van der Waals surface area contributed by atoms with Gasteiger partial charge in [0.25, 0.3) is 0 Å². The molecule has 0 aromatic carbocycles. The molecule has 3 aliphatic rings. The average Bonchev–Trinajstić information content (AvgIpc) is 2.94. The molecule has 0 saturated heterocycles. The highest BCUT2D eigenvalue weighted by Crippen LogP contribution is 2.78. The summed E-state index contributed by atoms with van der Waals surface area (Å²) in [6, 6.07) is 0. The Bertz CT molecular complexity index is 575. The van der Waals surface area contributed by atoms with E-state index < -0.39 is 8.32 Å². The zero-order valence-corrected chi connectivity index (χ0v) is 19.1. The van der Waals surface area contributed by atoms with Crippen molar-refractivity contribution in [3.05, 3.63) is 0 Å². The van der Waals surface area contributed by atoms with Crippen LogP contribution in [0.1, 0.15) is 80.6 Å². The van der Waals surface area contributed by atoms with Crippen molar-refractivity contribution in [2.45, 2.75) is 105 Å². The maximum atomic E-state index is 13.2. The van der Waals surface area contributed by atoms with E-state index in [9.17, 15) is 4.79 Å². The normalized spacial score (nSPS) is 44.5. The number of rotatable bonds is 3. The van der Waals surface area contributed by atoms with E-state index in [1.165, 1.54) is 12.8 Å². The topological polar surface area (TPSA) is 26.3 Å². The Kier molecular flexibility index (Phi) is 4.26. The molecule has 144 valence electrons. The van der Waals surface area contributed by atoms with E-state index in [1.807, 2.05) is 0 Å². The van der Waals surface area contributed by atoms with Crippen LogP contribution >= 0.6 is 0 Å². The van der Waals surface area contributed by atoms with Crippen LogP contribution in [-0.4, -0.2) is 20.2 Å². The van der Waals surface area contributed by atoms with Gasteiger partial charge in [0.15, 0.2) is 8.32 Å². The number of hydrogen-bond donors (Lipinski definition) is 0. The highest BCUT2D eigenvalue weighted by Gasteiger charge is 2.77. The molecule has 0 aliphatic heterocycles. The summed E-state index contributed by atoms with van der Waals surface area (Å²) >= 11 is 0. The first-order valence-electron chi connectivity index (χ1n) is 10.4.